The smallest absolute Gasteiger partial charge is 0.435 e. The Balaban J connectivity index is 2.33. The molecule has 0 unspecified atom stereocenters. The highest BCUT2D eigenvalue weighted by Gasteiger charge is 2.35. The maximum atomic E-state index is 12.5. The first-order valence-corrected chi connectivity index (χ1v) is 5.62. The van der Waals surface area contributed by atoms with Gasteiger partial charge in [0.15, 0.2) is 5.69 Å². The van der Waals surface area contributed by atoms with Crippen LogP contribution in [0.5, 0.6) is 0 Å². The molecule has 4 nitrogen and oxygen atoms in total. The van der Waals surface area contributed by atoms with Gasteiger partial charge in [0, 0.05) is 6.07 Å². The number of rotatable bonds is 3. The molecule has 1 aromatic heterocycles. The van der Waals surface area contributed by atoms with Gasteiger partial charge in [-0.25, -0.2) is 4.79 Å². The molecule has 0 fully saturated rings. The van der Waals surface area contributed by atoms with E-state index in [1.54, 1.807) is 6.08 Å². The second kappa shape index (κ2) is 4.91. The van der Waals surface area contributed by atoms with Crippen molar-refractivity contribution in [3.8, 4) is 0 Å². The summed E-state index contributed by atoms with van der Waals surface area (Å²) in [7, 11) is 0. The zero-order valence-electron chi connectivity index (χ0n) is 9.81. The minimum atomic E-state index is -4.65. The van der Waals surface area contributed by atoms with Crippen LogP contribution in [0.3, 0.4) is 0 Å². The lowest BCUT2D eigenvalue weighted by atomic mass is 10.1. The Bertz CT molecular complexity index is 556. The van der Waals surface area contributed by atoms with Gasteiger partial charge < -0.3 is 5.11 Å². The Hall–Kier alpha value is -2.05. The van der Waals surface area contributed by atoms with E-state index in [0.717, 1.165) is 23.1 Å². The third-order valence-corrected chi connectivity index (χ3v) is 2.69. The average molecular weight is 272 g/mol. The van der Waals surface area contributed by atoms with E-state index in [0.29, 0.717) is 6.07 Å². The number of nitrogens with zero attached hydrogens (tertiary/aromatic N) is 2. The fraction of sp³-hybridized carbons (Fsp3) is 0.333. The van der Waals surface area contributed by atoms with Crippen LogP contribution < -0.4 is 0 Å². The van der Waals surface area contributed by atoms with Crippen LogP contribution in [0.1, 0.15) is 29.0 Å². The zero-order valence-corrected chi connectivity index (χ0v) is 9.81. The zero-order chi connectivity index (χ0) is 14.0. The van der Waals surface area contributed by atoms with Crippen molar-refractivity contribution in [1.29, 1.82) is 0 Å². The number of aromatic nitrogens is 2. The van der Waals surface area contributed by atoms with Crippen molar-refractivity contribution in [2.75, 3.05) is 0 Å². The van der Waals surface area contributed by atoms with Gasteiger partial charge in [-0.1, -0.05) is 18.2 Å². The number of allylic oxidation sites excluding steroid dienone is 4. The molecule has 2 rings (SSSR count). The summed E-state index contributed by atoms with van der Waals surface area (Å²) in [6.07, 6.45) is 2.55. The molecule has 102 valence electrons. The molecule has 1 aromatic rings. The molecule has 0 aliphatic heterocycles. The summed E-state index contributed by atoms with van der Waals surface area (Å²) in [4.78, 5) is 10.9. The van der Waals surface area contributed by atoms with Crippen LogP contribution in [0.15, 0.2) is 29.9 Å². The number of carboxylic acid groups (broad SMARTS) is 1. The minimum Gasteiger partial charge on any atom is -0.477 e. The Morgan fingerprint density at radius 3 is 2.68 bits per heavy atom. The summed E-state index contributed by atoms with van der Waals surface area (Å²) in [6, 6.07) is 0.551. The SMILES string of the molecule is O=C(O)c1cc(C(F)(F)F)nn1CC1=CCCC=C1. The van der Waals surface area contributed by atoms with E-state index in [1.165, 1.54) is 0 Å². The van der Waals surface area contributed by atoms with Gasteiger partial charge in [0.25, 0.3) is 0 Å². The van der Waals surface area contributed by atoms with Gasteiger partial charge in [0.2, 0.25) is 0 Å². The third-order valence-electron chi connectivity index (χ3n) is 2.69. The highest BCUT2D eigenvalue weighted by atomic mass is 19.4. The van der Waals surface area contributed by atoms with E-state index >= 15 is 0 Å². The molecule has 1 aliphatic carbocycles. The van der Waals surface area contributed by atoms with Gasteiger partial charge >= 0.3 is 12.1 Å². The molecule has 19 heavy (non-hydrogen) atoms. The molecule has 0 atom stereocenters. The van der Waals surface area contributed by atoms with Crippen LogP contribution in [-0.2, 0) is 12.7 Å². The van der Waals surface area contributed by atoms with Gasteiger partial charge in [-0.05, 0) is 18.4 Å². The Morgan fingerprint density at radius 2 is 2.16 bits per heavy atom. The van der Waals surface area contributed by atoms with Crippen molar-refractivity contribution < 1.29 is 23.1 Å². The van der Waals surface area contributed by atoms with Gasteiger partial charge in [0.1, 0.15) is 5.69 Å². The first kappa shape index (κ1) is 13.4. The first-order valence-electron chi connectivity index (χ1n) is 5.62. The monoisotopic (exact) mass is 272 g/mol. The van der Waals surface area contributed by atoms with E-state index in [1.807, 2.05) is 12.2 Å². The molecular formula is C12H11F3N2O2. The first-order chi connectivity index (χ1) is 8.88. The molecule has 0 spiro atoms. The fourth-order valence-electron chi connectivity index (χ4n) is 1.81. The summed E-state index contributed by atoms with van der Waals surface area (Å²) in [5.41, 5.74) is -0.900. The average Bonchev–Trinajstić information content (AvgIpc) is 2.74. The Labute approximate surface area is 106 Å². The molecule has 1 heterocycles. The minimum absolute atomic E-state index is 0.0220. The molecule has 1 N–H and O–H groups in total. The third kappa shape index (κ3) is 3.04. The number of aromatic carboxylic acids is 1. The van der Waals surface area contributed by atoms with Crippen LogP contribution in [0.4, 0.5) is 13.2 Å². The predicted octanol–water partition coefficient (Wildman–Crippen LogP) is 2.88. The van der Waals surface area contributed by atoms with Crippen molar-refractivity contribution >= 4 is 5.97 Å². The predicted molar refractivity (Wildman–Crippen MR) is 60.6 cm³/mol. The van der Waals surface area contributed by atoms with E-state index in [9.17, 15) is 18.0 Å². The maximum Gasteiger partial charge on any atom is 0.435 e. The van der Waals surface area contributed by atoms with Gasteiger partial charge in [0.05, 0.1) is 6.54 Å². The summed E-state index contributed by atoms with van der Waals surface area (Å²) >= 11 is 0. The second-order valence-corrected chi connectivity index (χ2v) is 4.13. The van der Waals surface area contributed by atoms with E-state index in [2.05, 4.69) is 5.10 Å². The van der Waals surface area contributed by atoms with Crippen LogP contribution >= 0.6 is 0 Å². The summed E-state index contributed by atoms with van der Waals surface area (Å²) in [5.74, 6) is -1.43. The molecular weight excluding hydrogens is 261 g/mol. The highest BCUT2D eigenvalue weighted by Crippen LogP contribution is 2.29. The number of alkyl halides is 3. The lowest BCUT2D eigenvalue weighted by Crippen LogP contribution is -2.12. The molecule has 0 saturated carbocycles. The second-order valence-electron chi connectivity index (χ2n) is 4.13. The number of carboxylic acids is 1. The van der Waals surface area contributed by atoms with Gasteiger partial charge in [-0.2, -0.15) is 18.3 Å². The van der Waals surface area contributed by atoms with Crippen LogP contribution in [0.25, 0.3) is 0 Å². The van der Waals surface area contributed by atoms with Crippen molar-refractivity contribution in [1.82, 2.24) is 9.78 Å². The normalized spacial score (nSPS) is 15.4. The van der Waals surface area contributed by atoms with Crippen LogP contribution in [0.2, 0.25) is 0 Å². The van der Waals surface area contributed by atoms with E-state index in [-0.39, 0.29) is 6.54 Å². The lowest BCUT2D eigenvalue weighted by Gasteiger charge is -2.08. The van der Waals surface area contributed by atoms with Crippen molar-refractivity contribution in [2.45, 2.75) is 25.6 Å². The summed E-state index contributed by atoms with van der Waals surface area (Å²) in [6.45, 7) is 0.0220. The van der Waals surface area contributed by atoms with Gasteiger partial charge in [-0.3, -0.25) is 4.68 Å². The lowest BCUT2D eigenvalue weighted by molar-refractivity contribution is -0.141. The quantitative estimate of drug-likeness (QED) is 0.920. The van der Waals surface area contributed by atoms with Crippen molar-refractivity contribution in [3.05, 3.63) is 41.3 Å². The number of halogens is 3. The van der Waals surface area contributed by atoms with Crippen LogP contribution in [-0.4, -0.2) is 20.9 Å². The molecule has 0 saturated heterocycles. The molecule has 0 amide bonds. The highest BCUT2D eigenvalue weighted by molar-refractivity contribution is 5.85. The summed E-state index contributed by atoms with van der Waals surface area (Å²) < 4.78 is 38.4. The van der Waals surface area contributed by atoms with Crippen molar-refractivity contribution in [3.63, 3.8) is 0 Å². The fourth-order valence-corrected chi connectivity index (χ4v) is 1.81. The maximum absolute atomic E-state index is 12.5. The topological polar surface area (TPSA) is 55.1 Å². The molecule has 0 aromatic carbocycles. The van der Waals surface area contributed by atoms with E-state index in [4.69, 9.17) is 5.11 Å². The standard InChI is InChI=1S/C12H11F3N2O2/c13-12(14,15)10-6-9(11(18)19)17(16-10)7-8-4-2-1-3-5-8/h2,4-6H,1,3,7H2,(H,18,19). The molecule has 0 bridgehead atoms. The number of carbonyl (C=O) groups is 1. The number of hydrogen-bond donors (Lipinski definition) is 1. The Morgan fingerprint density at radius 1 is 1.42 bits per heavy atom. The molecule has 1 aliphatic rings. The van der Waals surface area contributed by atoms with Crippen LogP contribution in [0, 0.1) is 0 Å². The van der Waals surface area contributed by atoms with Gasteiger partial charge in [-0.15, -0.1) is 0 Å². The van der Waals surface area contributed by atoms with Crippen molar-refractivity contribution in [2.24, 2.45) is 0 Å². The molecule has 0 radical (unpaired) electrons. The molecule has 7 heteroatoms. The Kier molecular flexibility index (Phi) is 3.46. The number of hydrogen-bond acceptors (Lipinski definition) is 2. The summed E-state index contributed by atoms with van der Waals surface area (Å²) in [5, 5.41) is 12.2. The van der Waals surface area contributed by atoms with E-state index < -0.39 is 23.5 Å². The largest absolute Gasteiger partial charge is 0.477 e.